The quantitative estimate of drug-likeness (QED) is 0.236. The van der Waals surface area contributed by atoms with Crippen molar-refractivity contribution in [3.8, 4) is 5.69 Å². The monoisotopic (exact) mass is 516 g/mol. The highest BCUT2D eigenvalue weighted by atomic mass is 16.4. The molecule has 3 aromatic heterocycles. The highest BCUT2D eigenvalue weighted by molar-refractivity contribution is 6.17. The van der Waals surface area contributed by atoms with Gasteiger partial charge in [0.05, 0.1) is 23.2 Å². The van der Waals surface area contributed by atoms with E-state index in [1.807, 2.05) is 61.5 Å². The van der Waals surface area contributed by atoms with E-state index in [2.05, 4.69) is 20.3 Å². The molecule has 6 rings (SSSR count). The third-order valence-corrected chi connectivity index (χ3v) is 6.60. The van der Waals surface area contributed by atoms with Crippen LogP contribution in [-0.2, 0) is 6.54 Å². The zero-order valence-electron chi connectivity index (χ0n) is 21.0. The minimum atomic E-state index is -0.108. The molecule has 3 aromatic carbocycles. The van der Waals surface area contributed by atoms with Crippen molar-refractivity contribution >= 4 is 45.2 Å². The van der Waals surface area contributed by atoms with E-state index >= 15 is 0 Å². The summed E-state index contributed by atoms with van der Waals surface area (Å²) < 4.78 is 7.12. The molecule has 0 bridgehead atoms. The number of aryl methyl sites for hydroxylation is 1. The van der Waals surface area contributed by atoms with E-state index in [-0.39, 0.29) is 29.6 Å². The molecular weight excluding hydrogens is 492 g/mol. The normalized spacial score (nSPS) is 11.2. The van der Waals surface area contributed by atoms with Crippen molar-refractivity contribution in [2.75, 3.05) is 16.8 Å². The number of pyridine rings is 1. The maximum Gasteiger partial charge on any atom is 0.292 e. The number of para-hydroxylation sites is 1. The molecule has 192 valence electrons. The Bertz CT molecular complexity index is 1940. The minimum Gasteiger partial charge on any atom is -0.424 e. The average molecular weight is 517 g/mol. The molecule has 0 unspecified atom stereocenters. The van der Waals surface area contributed by atoms with Crippen molar-refractivity contribution in [3.05, 3.63) is 112 Å². The van der Waals surface area contributed by atoms with Crippen LogP contribution < -0.4 is 22.3 Å². The molecule has 0 amide bonds. The van der Waals surface area contributed by atoms with Crippen LogP contribution in [0.5, 0.6) is 0 Å². The molecule has 6 aromatic rings. The Kier molecular flexibility index (Phi) is 5.76. The minimum absolute atomic E-state index is 0.0497. The SMILES string of the molecule is Cc1cccc2cc(CNc3ncnc(N)c3C(=N)c3ccc4nc(N)oc4c3)n(-c3ccccc3)c(=O)c12. The lowest BCUT2D eigenvalue weighted by Gasteiger charge is -2.18. The van der Waals surface area contributed by atoms with Gasteiger partial charge in [0, 0.05) is 16.9 Å². The first-order chi connectivity index (χ1) is 18.9. The topological polar surface area (TPSA) is 162 Å². The van der Waals surface area contributed by atoms with E-state index in [1.54, 1.807) is 22.8 Å². The molecule has 6 N–H and O–H groups in total. The van der Waals surface area contributed by atoms with Crippen molar-refractivity contribution in [2.45, 2.75) is 13.5 Å². The number of fused-ring (bicyclic) bond motifs is 2. The molecule has 0 aliphatic rings. The molecule has 0 aliphatic heterocycles. The highest BCUT2D eigenvalue weighted by Crippen LogP contribution is 2.26. The average Bonchev–Trinajstić information content (AvgIpc) is 3.31. The zero-order valence-corrected chi connectivity index (χ0v) is 21.0. The lowest BCUT2D eigenvalue weighted by Crippen LogP contribution is -2.24. The van der Waals surface area contributed by atoms with Crippen molar-refractivity contribution in [2.24, 2.45) is 0 Å². The summed E-state index contributed by atoms with van der Waals surface area (Å²) in [6, 6.07) is 22.5. The van der Waals surface area contributed by atoms with Crippen LogP contribution in [0.2, 0.25) is 0 Å². The Hall–Kier alpha value is -5.51. The molecule has 0 saturated carbocycles. The fraction of sp³-hybridized carbons (Fsp3) is 0.0690. The first-order valence-electron chi connectivity index (χ1n) is 12.2. The van der Waals surface area contributed by atoms with Gasteiger partial charge in [-0.15, -0.1) is 0 Å². The van der Waals surface area contributed by atoms with Gasteiger partial charge in [-0.2, -0.15) is 4.98 Å². The number of aromatic nitrogens is 4. The third-order valence-electron chi connectivity index (χ3n) is 6.60. The second-order valence-corrected chi connectivity index (χ2v) is 9.10. The van der Waals surface area contributed by atoms with Crippen LogP contribution in [-0.4, -0.2) is 25.2 Å². The molecule has 0 saturated heterocycles. The van der Waals surface area contributed by atoms with Crippen LogP contribution >= 0.6 is 0 Å². The van der Waals surface area contributed by atoms with Gasteiger partial charge in [0.25, 0.3) is 11.6 Å². The van der Waals surface area contributed by atoms with Gasteiger partial charge in [-0.3, -0.25) is 14.8 Å². The summed E-state index contributed by atoms with van der Waals surface area (Å²) in [6.07, 6.45) is 1.34. The number of nitrogens with one attached hydrogen (secondary N) is 2. The van der Waals surface area contributed by atoms with Crippen LogP contribution in [0.1, 0.15) is 22.4 Å². The van der Waals surface area contributed by atoms with Gasteiger partial charge in [0.2, 0.25) is 0 Å². The first kappa shape index (κ1) is 23.9. The van der Waals surface area contributed by atoms with Gasteiger partial charge < -0.3 is 21.2 Å². The molecule has 0 spiro atoms. The zero-order chi connectivity index (χ0) is 27.1. The molecule has 39 heavy (non-hydrogen) atoms. The number of rotatable bonds is 6. The van der Waals surface area contributed by atoms with Crippen molar-refractivity contribution < 1.29 is 4.42 Å². The van der Waals surface area contributed by atoms with E-state index in [0.29, 0.717) is 33.4 Å². The summed E-state index contributed by atoms with van der Waals surface area (Å²) in [6.45, 7) is 2.17. The highest BCUT2D eigenvalue weighted by Gasteiger charge is 2.19. The Morgan fingerprint density at radius 2 is 1.85 bits per heavy atom. The van der Waals surface area contributed by atoms with E-state index < -0.39 is 0 Å². The molecule has 10 nitrogen and oxygen atoms in total. The molecule has 0 radical (unpaired) electrons. The van der Waals surface area contributed by atoms with Crippen molar-refractivity contribution in [1.29, 1.82) is 5.41 Å². The maximum absolute atomic E-state index is 13.7. The van der Waals surface area contributed by atoms with E-state index in [1.165, 1.54) is 6.33 Å². The van der Waals surface area contributed by atoms with Gasteiger partial charge >= 0.3 is 0 Å². The van der Waals surface area contributed by atoms with E-state index in [0.717, 1.165) is 22.3 Å². The fourth-order valence-corrected chi connectivity index (χ4v) is 4.78. The number of nitrogen functional groups attached to an aromatic ring is 2. The largest absolute Gasteiger partial charge is 0.424 e. The number of anilines is 3. The van der Waals surface area contributed by atoms with Crippen LogP contribution in [0.3, 0.4) is 0 Å². The van der Waals surface area contributed by atoms with Gasteiger partial charge in [-0.1, -0.05) is 42.5 Å². The Balaban J connectivity index is 1.42. The first-order valence-corrected chi connectivity index (χ1v) is 12.2. The molecular formula is C29H24N8O2. The molecule has 0 fully saturated rings. The number of benzene rings is 3. The summed E-state index contributed by atoms with van der Waals surface area (Å²) >= 11 is 0. The smallest absolute Gasteiger partial charge is 0.292 e. The summed E-state index contributed by atoms with van der Waals surface area (Å²) in [5.41, 5.74) is 16.2. The lowest BCUT2D eigenvalue weighted by molar-refractivity contribution is 0.626. The van der Waals surface area contributed by atoms with Crippen LogP contribution in [0.25, 0.3) is 27.6 Å². The summed E-state index contributed by atoms with van der Waals surface area (Å²) in [5.74, 6) is 0.505. The molecule has 0 atom stereocenters. The lowest BCUT2D eigenvalue weighted by atomic mass is 10.0. The predicted octanol–water partition coefficient (Wildman–Crippen LogP) is 4.42. The van der Waals surface area contributed by atoms with E-state index in [9.17, 15) is 4.79 Å². The number of hydrogen-bond donors (Lipinski definition) is 4. The van der Waals surface area contributed by atoms with Gasteiger partial charge in [0.1, 0.15) is 23.5 Å². The van der Waals surface area contributed by atoms with E-state index in [4.69, 9.17) is 21.3 Å². The molecule has 3 heterocycles. The van der Waals surface area contributed by atoms with Gasteiger partial charge in [0.15, 0.2) is 5.58 Å². The maximum atomic E-state index is 13.7. The second kappa shape index (κ2) is 9.42. The number of nitrogens with two attached hydrogens (primary N) is 2. The van der Waals surface area contributed by atoms with Crippen molar-refractivity contribution in [3.63, 3.8) is 0 Å². The Morgan fingerprint density at radius 1 is 1.03 bits per heavy atom. The Morgan fingerprint density at radius 3 is 2.67 bits per heavy atom. The standard InChI is InChI=1S/C29H24N8O2/c1-16-6-5-7-17-12-20(37(28(38)23(16)17)19-8-3-2-4-9-19)14-33-27-24(26(31)34-15-35-27)25(30)18-10-11-21-22(13-18)39-29(32)36-21/h2-13,15,30H,14H2,1H3,(H2,32,36)(H3,31,33,34,35). The predicted molar refractivity (Wildman–Crippen MR) is 152 cm³/mol. The van der Waals surface area contributed by atoms with Gasteiger partial charge in [-0.05, 0) is 48.2 Å². The number of nitrogens with zero attached hydrogens (tertiary/aromatic N) is 4. The number of oxazole rings is 1. The van der Waals surface area contributed by atoms with Crippen molar-refractivity contribution in [1.82, 2.24) is 19.5 Å². The second-order valence-electron chi connectivity index (χ2n) is 9.10. The molecule has 0 aliphatic carbocycles. The third kappa shape index (κ3) is 4.23. The van der Waals surface area contributed by atoms with Crippen LogP contribution in [0.15, 0.2) is 88.3 Å². The Labute approximate surface area is 222 Å². The van der Waals surface area contributed by atoms with Gasteiger partial charge in [-0.25, -0.2) is 9.97 Å². The summed E-state index contributed by atoms with van der Waals surface area (Å²) in [5, 5.41) is 13.7. The van der Waals surface area contributed by atoms with Crippen LogP contribution in [0.4, 0.5) is 17.7 Å². The summed E-state index contributed by atoms with van der Waals surface area (Å²) in [7, 11) is 0. The fourth-order valence-electron chi connectivity index (χ4n) is 4.78. The number of hydrogen-bond acceptors (Lipinski definition) is 9. The molecule has 10 heteroatoms. The summed E-state index contributed by atoms with van der Waals surface area (Å²) in [4.78, 5) is 26.3. The van der Waals surface area contributed by atoms with Crippen LogP contribution in [0, 0.1) is 12.3 Å².